The summed E-state index contributed by atoms with van der Waals surface area (Å²) >= 11 is 12.3. The fraction of sp³-hybridized carbons (Fsp3) is 0.350. The van der Waals surface area contributed by atoms with E-state index in [1.165, 1.54) is 0 Å². The molecule has 27 heavy (non-hydrogen) atoms. The van der Waals surface area contributed by atoms with E-state index in [1.807, 2.05) is 29.2 Å². The van der Waals surface area contributed by atoms with Gasteiger partial charge in [-0.3, -0.25) is 9.69 Å². The number of carbonyl (C=O) groups is 1. The largest absolute Gasteiger partial charge is 0.493 e. The van der Waals surface area contributed by atoms with Gasteiger partial charge in [-0.05, 0) is 48.2 Å². The lowest BCUT2D eigenvalue weighted by Gasteiger charge is -2.32. The molecular formula is C20H21Cl2NO4. The van der Waals surface area contributed by atoms with Crippen molar-refractivity contribution in [2.45, 2.75) is 24.9 Å². The predicted octanol–water partition coefficient (Wildman–Crippen LogP) is 4.65. The number of likely N-dealkylation sites (tertiary alicyclic amines) is 1. The molecule has 0 spiro atoms. The number of hydrogen-bond donors (Lipinski definition) is 1. The van der Waals surface area contributed by atoms with E-state index in [2.05, 4.69) is 0 Å². The van der Waals surface area contributed by atoms with Gasteiger partial charge in [-0.25, -0.2) is 0 Å². The Morgan fingerprint density at radius 2 is 1.74 bits per heavy atom. The molecule has 0 saturated carbocycles. The van der Waals surface area contributed by atoms with Gasteiger partial charge in [-0.1, -0.05) is 35.3 Å². The Hall–Kier alpha value is -1.95. The van der Waals surface area contributed by atoms with Crippen LogP contribution in [0.1, 0.15) is 30.0 Å². The van der Waals surface area contributed by atoms with Crippen LogP contribution >= 0.6 is 23.2 Å². The van der Waals surface area contributed by atoms with Crippen LogP contribution in [0.15, 0.2) is 36.4 Å². The van der Waals surface area contributed by atoms with E-state index < -0.39 is 12.0 Å². The summed E-state index contributed by atoms with van der Waals surface area (Å²) in [6, 6.07) is 10.2. The van der Waals surface area contributed by atoms with E-state index >= 15 is 0 Å². The van der Waals surface area contributed by atoms with Crippen molar-refractivity contribution in [3.8, 4) is 11.5 Å². The quantitative estimate of drug-likeness (QED) is 0.752. The number of nitrogens with zero attached hydrogens (tertiary/aromatic N) is 1. The van der Waals surface area contributed by atoms with E-state index in [0.717, 1.165) is 17.5 Å². The van der Waals surface area contributed by atoms with Gasteiger partial charge in [0.25, 0.3) is 0 Å². The zero-order valence-corrected chi connectivity index (χ0v) is 16.6. The molecule has 1 aliphatic rings. The third-order valence-electron chi connectivity index (χ3n) is 4.89. The predicted molar refractivity (Wildman–Crippen MR) is 105 cm³/mol. The molecule has 3 rings (SSSR count). The number of hydrogen-bond acceptors (Lipinski definition) is 4. The minimum Gasteiger partial charge on any atom is -0.493 e. The van der Waals surface area contributed by atoms with Crippen LogP contribution in [0.3, 0.4) is 0 Å². The first-order chi connectivity index (χ1) is 13.0. The second-order valence-corrected chi connectivity index (χ2v) is 7.24. The lowest BCUT2D eigenvalue weighted by molar-refractivity contribution is -0.142. The molecule has 5 nitrogen and oxygen atoms in total. The van der Waals surface area contributed by atoms with Crippen molar-refractivity contribution >= 4 is 29.2 Å². The first kappa shape index (κ1) is 19.8. The zero-order chi connectivity index (χ0) is 19.6. The molecule has 7 heteroatoms. The van der Waals surface area contributed by atoms with Crippen LogP contribution in [0.5, 0.6) is 11.5 Å². The van der Waals surface area contributed by atoms with Gasteiger partial charge in [-0.15, -0.1) is 0 Å². The average Bonchev–Trinajstić information content (AvgIpc) is 3.14. The van der Waals surface area contributed by atoms with E-state index in [-0.39, 0.29) is 6.04 Å². The number of benzene rings is 2. The molecule has 2 atom stereocenters. The summed E-state index contributed by atoms with van der Waals surface area (Å²) in [6.45, 7) is 0.677. The summed E-state index contributed by atoms with van der Waals surface area (Å²) in [4.78, 5) is 13.8. The van der Waals surface area contributed by atoms with E-state index in [0.29, 0.717) is 34.5 Å². The average molecular weight is 410 g/mol. The van der Waals surface area contributed by atoms with Gasteiger partial charge in [0.1, 0.15) is 6.04 Å². The van der Waals surface area contributed by atoms with Crippen molar-refractivity contribution < 1.29 is 19.4 Å². The number of carboxylic acids is 1. The highest BCUT2D eigenvalue weighted by Crippen LogP contribution is 2.40. The number of ether oxygens (including phenoxy) is 2. The Bertz CT molecular complexity index is 843. The standard InChI is InChI=1S/C20H21Cl2NO4/c1-26-17-8-6-13(11-18(17)27-2)19(12-5-7-14(21)15(22)10-12)23-9-3-4-16(23)20(24)25/h5-8,10-11,16,19H,3-4,9H2,1-2H3,(H,24,25). The summed E-state index contributed by atoms with van der Waals surface area (Å²) in [6.07, 6.45) is 1.43. The normalized spacial score (nSPS) is 18.3. The van der Waals surface area contributed by atoms with E-state index in [4.69, 9.17) is 32.7 Å². The highest BCUT2D eigenvalue weighted by Gasteiger charge is 2.37. The molecule has 0 aromatic heterocycles. The van der Waals surface area contributed by atoms with Crippen molar-refractivity contribution in [2.24, 2.45) is 0 Å². The molecule has 144 valence electrons. The number of aliphatic carboxylic acids is 1. The van der Waals surface area contributed by atoms with Crippen LogP contribution in [0, 0.1) is 0 Å². The maximum atomic E-state index is 11.8. The van der Waals surface area contributed by atoms with Crippen LogP contribution in [-0.2, 0) is 4.79 Å². The summed E-state index contributed by atoms with van der Waals surface area (Å²) in [5, 5.41) is 10.6. The molecule has 1 heterocycles. The summed E-state index contributed by atoms with van der Waals surface area (Å²) in [7, 11) is 3.15. The summed E-state index contributed by atoms with van der Waals surface area (Å²) in [5.74, 6) is 0.384. The number of carboxylic acid groups (broad SMARTS) is 1. The topological polar surface area (TPSA) is 59.0 Å². The lowest BCUT2D eigenvalue weighted by atomic mass is 9.95. The molecule has 0 amide bonds. The Morgan fingerprint density at radius 3 is 2.37 bits per heavy atom. The monoisotopic (exact) mass is 409 g/mol. The van der Waals surface area contributed by atoms with E-state index in [1.54, 1.807) is 26.4 Å². The van der Waals surface area contributed by atoms with Gasteiger partial charge in [0, 0.05) is 6.54 Å². The third kappa shape index (κ3) is 4.00. The highest BCUT2D eigenvalue weighted by molar-refractivity contribution is 6.42. The van der Waals surface area contributed by atoms with E-state index in [9.17, 15) is 9.90 Å². The number of rotatable bonds is 6. The Kier molecular flexibility index (Phi) is 6.15. The maximum Gasteiger partial charge on any atom is 0.320 e. The first-order valence-electron chi connectivity index (χ1n) is 8.61. The number of methoxy groups -OCH3 is 2. The lowest BCUT2D eigenvalue weighted by Crippen LogP contribution is -2.39. The van der Waals surface area contributed by atoms with Crippen LogP contribution < -0.4 is 9.47 Å². The SMILES string of the molecule is COc1ccc(C(c2ccc(Cl)c(Cl)c2)N2CCCC2C(=O)O)cc1OC. The van der Waals surface area contributed by atoms with Gasteiger partial charge in [0.05, 0.1) is 30.3 Å². The Balaban J connectivity index is 2.12. The molecule has 1 N–H and O–H groups in total. The first-order valence-corrected chi connectivity index (χ1v) is 9.37. The van der Waals surface area contributed by atoms with Crippen molar-refractivity contribution in [3.05, 3.63) is 57.6 Å². The summed E-state index contributed by atoms with van der Waals surface area (Å²) in [5.41, 5.74) is 1.78. The second kappa shape index (κ2) is 8.38. The minimum atomic E-state index is -0.821. The molecule has 2 unspecified atom stereocenters. The minimum absolute atomic E-state index is 0.289. The molecule has 1 saturated heterocycles. The molecule has 0 bridgehead atoms. The van der Waals surface area contributed by atoms with Crippen LogP contribution in [-0.4, -0.2) is 42.8 Å². The molecule has 0 radical (unpaired) electrons. The molecule has 1 aliphatic heterocycles. The Morgan fingerprint density at radius 1 is 1.07 bits per heavy atom. The van der Waals surface area contributed by atoms with Crippen molar-refractivity contribution in [1.82, 2.24) is 4.90 Å². The van der Waals surface area contributed by atoms with Crippen molar-refractivity contribution in [1.29, 1.82) is 0 Å². The highest BCUT2D eigenvalue weighted by atomic mass is 35.5. The van der Waals surface area contributed by atoms with Gasteiger partial charge in [0.2, 0.25) is 0 Å². The van der Waals surface area contributed by atoms with Crippen LogP contribution in [0.4, 0.5) is 0 Å². The summed E-state index contributed by atoms with van der Waals surface area (Å²) < 4.78 is 10.8. The Labute approximate surface area is 168 Å². The molecule has 2 aromatic rings. The van der Waals surface area contributed by atoms with Gasteiger partial charge >= 0.3 is 5.97 Å². The third-order valence-corrected chi connectivity index (χ3v) is 5.63. The van der Waals surface area contributed by atoms with Crippen LogP contribution in [0.25, 0.3) is 0 Å². The fourth-order valence-electron chi connectivity index (χ4n) is 3.64. The zero-order valence-electron chi connectivity index (χ0n) is 15.1. The van der Waals surface area contributed by atoms with Gasteiger partial charge in [-0.2, -0.15) is 0 Å². The second-order valence-electron chi connectivity index (χ2n) is 6.42. The van der Waals surface area contributed by atoms with Crippen molar-refractivity contribution in [3.63, 3.8) is 0 Å². The number of halogens is 2. The molecule has 0 aliphatic carbocycles. The molecule has 2 aromatic carbocycles. The fourth-order valence-corrected chi connectivity index (χ4v) is 3.95. The maximum absolute atomic E-state index is 11.8. The van der Waals surface area contributed by atoms with Crippen LogP contribution in [0.2, 0.25) is 10.0 Å². The smallest absolute Gasteiger partial charge is 0.320 e. The molecule has 1 fully saturated rings. The van der Waals surface area contributed by atoms with Gasteiger partial charge in [0.15, 0.2) is 11.5 Å². The van der Waals surface area contributed by atoms with Crippen molar-refractivity contribution in [2.75, 3.05) is 20.8 Å². The molecular weight excluding hydrogens is 389 g/mol. The van der Waals surface area contributed by atoms with Gasteiger partial charge < -0.3 is 14.6 Å².